The maximum Gasteiger partial charge on any atom is 0.165 e. The first kappa shape index (κ1) is 15.1. The van der Waals surface area contributed by atoms with Gasteiger partial charge in [0.2, 0.25) is 0 Å². The highest BCUT2D eigenvalue weighted by Crippen LogP contribution is 2.21. The average molecular weight is 315 g/mol. The molecule has 0 fully saturated rings. The summed E-state index contributed by atoms with van der Waals surface area (Å²) < 4.78 is 32.2. The number of halogens is 2. The van der Waals surface area contributed by atoms with Crippen molar-refractivity contribution in [3.05, 3.63) is 59.9 Å². The van der Waals surface area contributed by atoms with Gasteiger partial charge in [-0.2, -0.15) is 0 Å². The monoisotopic (exact) mass is 315 g/mol. The third-order valence-electron chi connectivity index (χ3n) is 3.54. The zero-order valence-electron chi connectivity index (χ0n) is 12.5. The Balaban J connectivity index is 1.72. The summed E-state index contributed by atoms with van der Waals surface area (Å²) in [5.74, 6) is 0.00666. The number of hydrogen-bond donors (Lipinski definition) is 1. The van der Waals surface area contributed by atoms with Crippen LogP contribution in [0, 0.1) is 11.6 Å². The fourth-order valence-electron chi connectivity index (χ4n) is 2.38. The maximum absolute atomic E-state index is 13.7. The van der Waals surface area contributed by atoms with Crippen molar-refractivity contribution >= 4 is 16.7 Å². The lowest BCUT2D eigenvalue weighted by molar-refractivity contribution is 0.386. The molecule has 0 atom stereocenters. The lowest BCUT2D eigenvalue weighted by Gasteiger charge is -2.09. The molecule has 6 heteroatoms. The van der Waals surface area contributed by atoms with E-state index in [4.69, 9.17) is 4.74 Å². The van der Waals surface area contributed by atoms with Crippen LogP contribution in [0.5, 0.6) is 5.75 Å². The molecule has 0 radical (unpaired) electrons. The standard InChI is InChI=1S/C17H15F2N3O/c1-23-15-6-5-11(9-14(15)19)7-8-20-17-12-3-2-4-13(18)16(12)21-10-22-17/h2-6,9-10H,7-8H2,1H3,(H,20,21,22). The van der Waals surface area contributed by atoms with Crippen molar-refractivity contribution in [2.75, 3.05) is 19.0 Å². The maximum atomic E-state index is 13.7. The van der Waals surface area contributed by atoms with Gasteiger partial charge in [-0.05, 0) is 36.2 Å². The third kappa shape index (κ3) is 3.21. The Morgan fingerprint density at radius 2 is 1.96 bits per heavy atom. The first-order valence-corrected chi connectivity index (χ1v) is 7.14. The van der Waals surface area contributed by atoms with Gasteiger partial charge in [0.05, 0.1) is 7.11 Å². The number of nitrogens with one attached hydrogen (secondary N) is 1. The van der Waals surface area contributed by atoms with Crippen LogP contribution in [0.4, 0.5) is 14.6 Å². The van der Waals surface area contributed by atoms with E-state index in [-0.39, 0.29) is 22.9 Å². The zero-order valence-corrected chi connectivity index (χ0v) is 12.5. The van der Waals surface area contributed by atoms with Gasteiger partial charge in [0.15, 0.2) is 11.6 Å². The summed E-state index contributed by atoms with van der Waals surface area (Å²) in [4.78, 5) is 8.09. The van der Waals surface area contributed by atoms with Crippen LogP contribution in [-0.2, 0) is 6.42 Å². The average Bonchev–Trinajstić information content (AvgIpc) is 2.56. The van der Waals surface area contributed by atoms with Crippen LogP contribution in [0.2, 0.25) is 0 Å². The van der Waals surface area contributed by atoms with Gasteiger partial charge in [-0.1, -0.05) is 12.1 Å². The molecular formula is C17H15F2N3O. The van der Waals surface area contributed by atoms with Crippen molar-refractivity contribution in [3.63, 3.8) is 0 Å². The van der Waals surface area contributed by atoms with E-state index in [1.54, 1.807) is 24.3 Å². The lowest BCUT2D eigenvalue weighted by Crippen LogP contribution is -2.07. The number of fused-ring (bicyclic) bond motifs is 1. The second kappa shape index (κ2) is 6.56. The molecule has 0 saturated heterocycles. The number of anilines is 1. The van der Waals surface area contributed by atoms with Gasteiger partial charge in [0.1, 0.15) is 23.5 Å². The molecule has 118 valence electrons. The van der Waals surface area contributed by atoms with E-state index in [0.717, 1.165) is 5.56 Å². The first-order chi connectivity index (χ1) is 11.2. The molecule has 3 aromatic rings. The second-order valence-electron chi connectivity index (χ2n) is 5.00. The highest BCUT2D eigenvalue weighted by molar-refractivity contribution is 5.89. The van der Waals surface area contributed by atoms with Crippen molar-refractivity contribution in [1.82, 2.24) is 9.97 Å². The summed E-state index contributed by atoms with van der Waals surface area (Å²) in [6, 6.07) is 9.58. The van der Waals surface area contributed by atoms with Crippen molar-refractivity contribution < 1.29 is 13.5 Å². The van der Waals surface area contributed by atoms with E-state index in [1.165, 1.54) is 25.6 Å². The topological polar surface area (TPSA) is 47.0 Å². The van der Waals surface area contributed by atoms with E-state index in [2.05, 4.69) is 15.3 Å². The predicted molar refractivity (Wildman–Crippen MR) is 84.6 cm³/mol. The molecule has 0 amide bonds. The minimum atomic E-state index is -0.389. The van der Waals surface area contributed by atoms with E-state index >= 15 is 0 Å². The number of rotatable bonds is 5. The van der Waals surface area contributed by atoms with Gasteiger partial charge < -0.3 is 10.1 Å². The summed E-state index contributed by atoms with van der Waals surface area (Å²) in [7, 11) is 1.43. The van der Waals surface area contributed by atoms with Crippen LogP contribution in [0.15, 0.2) is 42.7 Å². The Morgan fingerprint density at radius 1 is 1.09 bits per heavy atom. The first-order valence-electron chi connectivity index (χ1n) is 7.14. The number of benzene rings is 2. The minimum Gasteiger partial charge on any atom is -0.494 e. The molecule has 0 bridgehead atoms. The predicted octanol–water partition coefficient (Wildman–Crippen LogP) is 3.57. The van der Waals surface area contributed by atoms with Crippen LogP contribution < -0.4 is 10.1 Å². The van der Waals surface area contributed by atoms with Gasteiger partial charge in [0, 0.05) is 11.9 Å². The molecule has 0 saturated carbocycles. The Bertz CT molecular complexity index is 839. The number of methoxy groups -OCH3 is 1. The largest absolute Gasteiger partial charge is 0.494 e. The summed E-state index contributed by atoms with van der Waals surface area (Å²) in [5, 5.41) is 3.76. The lowest BCUT2D eigenvalue weighted by atomic mass is 10.1. The van der Waals surface area contributed by atoms with Crippen molar-refractivity contribution in [3.8, 4) is 5.75 Å². The third-order valence-corrected chi connectivity index (χ3v) is 3.54. The van der Waals surface area contributed by atoms with E-state index in [0.29, 0.717) is 24.2 Å². The van der Waals surface area contributed by atoms with Crippen molar-refractivity contribution in [2.24, 2.45) is 0 Å². The number of aromatic nitrogens is 2. The molecule has 1 heterocycles. The molecule has 4 nitrogen and oxygen atoms in total. The fraction of sp³-hybridized carbons (Fsp3) is 0.176. The summed E-state index contributed by atoms with van der Waals surface area (Å²) in [5.41, 5.74) is 1.11. The molecule has 0 unspecified atom stereocenters. The number of para-hydroxylation sites is 1. The SMILES string of the molecule is COc1ccc(CCNc2ncnc3c(F)cccc23)cc1F. The fourth-order valence-corrected chi connectivity index (χ4v) is 2.38. The highest BCUT2D eigenvalue weighted by atomic mass is 19.1. The highest BCUT2D eigenvalue weighted by Gasteiger charge is 2.07. The van der Waals surface area contributed by atoms with Gasteiger partial charge in [0.25, 0.3) is 0 Å². The van der Waals surface area contributed by atoms with E-state index in [1.807, 2.05) is 0 Å². The zero-order chi connectivity index (χ0) is 16.2. The van der Waals surface area contributed by atoms with Crippen LogP contribution in [0.25, 0.3) is 10.9 Å². The number of ether oxygens (including phenoxy) is 1. The Morgan fingerprint density at radius 3 is 2.74 bits per heavy atom. The van der Waals surface area contributed by atoms with Crippen LogP contribution >= 0.6 is 0 Å². The molecule has 23 heavy (non-hydrogen) atoms. The molecular weight excluding hydrogens is 300 g/mol. The van der Waals surface area contributed by atoms with Crippen molar-refractivity contribution in [1.29, 1.82) is 0 Å². The summed E-state index contributed by atoms with van der Waals surface area (Å²) in [6.07, 6.45) is 1.92. The summed E-state index contributed by atoms with van der Waals surface area (Å²) >= 11 is 0. The normalized spacial score (nSPS) is 10.7. The Hall–Kier alpha value is -2.76. The quantitative estimate of drug-likeness (QED) is 0.782. The summed E-state index contributed by atoms with van der Waals surface area (Å²) in [6.45, 7) is 0.536. The van der Waals surface area contributed by atoms with Crippen LogP contribution in [0.1, 0.15) is 5.56 Å². The minimum absolute atomic E-state index is 0.221. The number of nitrogens with zero attached hydrogens (tertiary/aromatic N) is 2. The molecule has 0 aliphatic heterocycles. The van der Waals surface area contributed by atoms with E-state index < -0.39 is 0 Å². The van der Waals surface area contributed by atoms with Gasteiger partial charge in [-0.15, -0.1) is 0 Å². The molecule has 3 rings (SSSR count). The molecule has 0 spiro atoms. The van der Waals surface area contributed by atoms with Gasteiger partial charge >= 0.3 is 0 Å². The van der Waals surface area contributed by atoms with Crippen LogP contribution in [-0.4, -0.2) is 23.6 Å². The molecule has 0 aliphatic rings. The number of hydrogen-bond acceptors (Lipinski definition) is 4. The molecule has 1 N–H and O–H groups in total. The van der Waals surface area contributed by atoms with Gasteiger partial charge in [-0.25, -0.2) is 18.7 Å². The second-order valence-corrected chi connectivity index (χ2v) is 5.00. The molecule has 0 aliphatic carbocycles. The smallest absolute Gasteiger partial charge is 0.165 e. The van der Waals surface area contributed by atoms with Crippen LogP contribution in [0.3, 0.4) is 0 Å². The Labute approximate surface area is 132 Å². The molecule has 1 aromatic heterocycles. The van der Waals surface area contributed by atoms with E-state index in [9.17, 15) is 8.78 Å². The van der Waals surface area contributed by atoms with Crippen molar-refractivity contribution in [2.45, 2.75) is 6.42 Å². The molecule has 2 aromatic carbocycles. The van der Waals surface area contributed by atoms with Gasteiger partial charge in [-0.3, -0.25) is 0 Å². The Kier molecular flexibility index (Phi) is 4.32.